The normalized spacial score (nSPS) is 13.2. The Morgan fingerprint density at radius 2 is 1.81 bits per heavy atom. The van der Waals surface area contributed by atoms with Crippen molar-refractivity contribution in [1.82, 2.24) is 0 Å². The minimum absolute atomic E-state index is 0.642. The van der Waals surface area contributed by atoms with Crippen LogP contribution in [-0.2, 0) is 6.42 Å². The molecule has 86 valence electrons. The Labute approximate surface area is 94.9 Å². The maximum Gasteiger partial charge on any atom is 0.204 e. The number of ether oxygens (including phenoxy) is 3. The van der Waals surface area contributed by atoms with Gasteiger partial charge in [0.1, 0.15) is 6.54 Å². The molecule has 0 atom stereocenters. The van der Waals surface area contributed by atoms with Gasteiger partial charge in [0.15, 0.2) is 17.7 Å². The third kappa shape index (κ3) is 1.60. The van der Waals surface area contributed by atoms with Gasteiger partial charge in [0, 0.05) is 6.42 Å². The summed E-state index contributed by atoms with van der Waals surface area (Å²) in [6.45, 7) is 0.936. The zero-order valence-electron chi connectivity index (χ0n) is 9.79. The fourth-order valence-electron chi connectivity index (χ4n) is 1.98. The first-order valence-electron chi connectivity index (χ1n) is 5.20. The molecule has 1 aromatic rings. The smallest absolute Gasteiger partial charge is 0.204 e. The predicted molar refractivity (Wildman–Crippen MR) is 60.8 cm³/mol. The topological polar surface area (TPSA) is 41.7 Å². The zero-order chi connectivity index (χ0) is 11.5. The Kier molecular flexibility index (Phi) is 2.99. The summed E-state index contributed by atoms with van der Waals surface area (Å²) >= 11 is 0. The van der Waals surface area contributed by atoms with Crippen molar-refractivity contribution in [1.29, 1.82) is 0 Å². The number of methoxy groups -OCH3 is 3. The predicted octanol–water partition coefficient (Wildman–Crippen LogP) is -0.232. The van der Waals surface area contributed by atoms with E-state index in [-0.39, 0.29) is 0 Å². The van der Waals surface area contributed by atoms with Gasteiger partial charge < -0.3 is 14.2 Å². The molecule has 0 amide bonds. The highest BCUT2D eigenvalue weighted by atomic mass is 16.5. The molecule has 2 rings (SSSR count). The van der Waals surface area contributed by atoms with Crippen molar-refractivity contribution in [2.45, 2.75) is 6.42 Å². The minimum Gasteiger partial charge on any atom is -0.493 e. The maximum atomic E-state index is 5.40. The molecule has 0 saturated heterocycles. The molecular weight excluding hydrogens is 206 g/mol. The van der Waals surface area contributed by atoms with Crippen molar-refractivity contribution >= 4 is 6.21 Å². The van der Waals surface area contributed by atoms with Gasteiger partial charge in [-0.05, 0) is 11.6 Å². The summed E-state index contributed by atoms with van der Waals surface area (Å²) < 4.78 is 16.0. The highest BCUT2D eigenvalue weighted by Crippen LogP contribution is 2.41. The average Bonchev–Trinajstić information content (AvgIpc) is 2.36. The van der Waals surface area contributed by atoms with Gasteiger partial charge >= 0.3 is 0 Å². The largest absolute Gasteiger partial charge is 0.493 e. The highest BCUT2D eigenvalue weighted by molar-refractivity contribution is 5.85. The third-order valence-electron chi connectivity index (χ3n) is 2.74. The van der Waals surface area contributed by atoms with Crippen LogP contribution in [0.3, 0.4) is 0 Å². The van der Waals surface area contributed by atoms with Crippen molar-refractivity contribution in [3.8, 4) is 17.2 Å². The number of benzene rings is 1. The van der Waals surface area contributed by atoms with Gasteiger partial charge in [0.05, 0.1) is 26.9 Å². The third-order valence-corrected chi connectivity index (χ3v) is 2.74. The molecule has 16 heavy (non-hydrogen) atoms. The second-order valence-corrected chi connectivity index (χ2v) is 3.57. The van der Waals surface area contributed by atoms with E-state index in [0.717, 1.165) is 24.3 Å². The van der Waals surface area contributed by atoms with Crippen LogP contribution in [0.4, 0.5) is 0 Å². The van der Waals surface area contributed by atoms with Crippen LogP contribution in [-0.4, -0.2) is 34.1 Å². The molecule has 0 bridgehead atoms. The quantitative estimate of drug-likeness (QED) is 0.768. The fourth-order valence-corrected chi connectivity index (χ4v) is 1.98. The molecule has 0 fully saturated rings. The Morgan fingerprint density at radius 3 is 2.44 bits per heavy atom. The van der Waals surface area contributed by atoms with Crippen molar-refractivity contribution in [3.63, 3.8) is 0 Å². The van der Waals surface area contributed by atoms with Crippen LogP contribution in [0, 0.1) is 0 Å². The van der Waals surface area contributed by atoms with E-state index < -0.39 is 0 Å². The van der Waals surface area contributed by atoms with Crippen LogP contribution in [0.5, 0.6) is 17.2 Å². The number of nitrogens with one attached hydrogen (secondary N) is 1. The number of fused-ring (bicyclic) bond motifs is 1. The van der Waals surface area contributed by atoms with Crippen molar-refractivity contribution in [2.24, 2.45) is 0 Å². The van der Waals surface area contributed by atoms with Crippen molar-refractivity contribution in [3.05, 3.63) is 17.2 Å². The maximum absolute atomic E-state index is 5.40. The van der Waals surface area contributed by atoms with Gasteiger partial charge in [-0.3, -0.25) is 0 Å². The summed E-state index contributed by atoms with van der Waals surface area (Å²) in [7, 11) is 4.89. The molecule has 1 heterocycles. The first-order chi connectivity index (χ1) is 7.81. The lowest BCUT2D eigenvalue weighted by molar-refractivity contribution is -0.452. The van der Waals surface area contributed by atoms with E-state index in [1.165, 1.54) is 5.56 Å². The van der Waals surface area contributed by atoms with E-state index in [1.54, 1.807) is 21.3 Å². The molecule has 4 nitrogen and oxygen atoms in total. The summed E-state index contributed by atoms with van der Waals surface area (Å²) in [6.07, 6.45) is 2.92. The zero-order valence-corrected chi connectivity index (χ0v) is 9.79. The van der Waals surface area contributed by atoms with E-state index in [4.69, 9.17) is 14.2 Å². The molecule has 0 aliphatic carbocycles. The molecule has 1 aliphatic heterocycles. The Hall–Kier alpha value is -1.71. The molecule has 0 unspecified atom stereocenters. The summed E-state index contributed by atoms with van der Waals surface area (Å²) in [4.78, 5) is 3.20. The summed E-state index contributed by atoms with van der Waals surface area (Å²) in [5.41, 5.74) is 2.26. The average molecular weight is 222 g/mol. The first kappa shape index (κ1) is 10.8. The second kappa shape index (κ2) is 4.43. The lowest BCUT2D eigenvalue weighted by Gasteiger charge is -2.17. The number of hydrogen-bond donors (Lipinski definition) is 1. The summed E-state index contributed by atoms with van der Waals surface area (Å²) in [5, 5.41) is 0. The molecule has 0 aromatic heterocycles. The molecular formula is C12H16NO3+. The Bertz CT molecular complexity index is 427. The van der Waals surface area contributed by atoms with E-state index in [1.807, 2.05) is 12.3 Å². The van der Waals surface area contributed by atoms with Crippen LogP contribution in [0.1, 0.15) is 11.1 Å². The van der Waals surface area contributed by atoms with Crippen LogP contribution in [0.25, 0.3) is 0 Å². The van der Waals surface area contributed by atoms with E-state index >= 15 is 0 Å². The van der Waals surface area contributed by atoms with E-state index in [0.29, 0.717) is 11.5 Å². The minimum atomic E-state index is 0.642. The van der Waals surface area contributed by atoms with Gasteiger partial charge in [0.25, 0.3) is 0 Å². The lowest BCUT2D eigenvalue weighted by atomic mass is 10.0. The van der Waals surface area contributed by atoms with Crippen LogP contribution in [0.2, 0.25) is 0 Å². The number of hydrogen-bond acceptors (Lipinski definition) is 3. The van der Waals surface area contributed by atoms with Crippen LogP contribution >= 0.6 is 0 Å². The molecule has 4 heteroatoms. The standard InChI is InChI=1S/C12H15NO3/c1-14-10-6-8-4-5-13-7-9(8)11(15-2)12(10)16-3/h6-7H,4-5H2,1-3H3/p+1. The summed E-state index contributed by atoms with van der Waals surface area (Å²) in [6, 6.07) is 2.01. The molecule has 1 aromatic carbocycles. The molecule has 1 aliphatic rings. The van der Waals surface area contributed by atoms with Gasteiger partial charge in [-0.1, -0.05) is 0 Å². The van der Waals surface area contributed by atoms with Crippen molar-refractivity contribution in [2.75, 3.05) is 27.9 Å². The highest BCUT2D eigenvalue weighted by Gasteiger charge is 2.22. The van der Waals surface area contributed by atoms with Gasteiger partial charge in [0.2, 0.25) is 5.75 Å². The van der Waals surface area contributed by atoms with Crippen LogP contribution < -0.4 is 19.2 Å². The first-order valence-corrected chi connectivity index (χ1v) is 5.20. The monoisotopic (exact) mass is 222 g/mol. The van der Waals surface area contributed by atoms with Crippen LogP contribution in [0.15, 0.2) is 6.07 Å². The molecule has 0 spiro atoms. The van der Waals surface area contributed by atoms with E-state index in [9.17, 15) is 0 Å². The molecule has 0 saturated carbocycles. The van der Waals surface area contributed by atoms with Gasteiger partial charge in [-0.2, -0.15) is 0 Å². The summed E-state index contributed by atoms with van der Waals surface area (Å²) in [5.74, 6) is 2.08. The Balaban J connectivity index is 2.66. The van der Waals surface area contributed by atoms with E-state index in [2.05, 4.69) is 4.99 Å². The Morgan fingerprint density at radius 1 is 1.06 bits per heavy atom. The van der Waals surface area contributed by atoms with Crippen molar-refractivity contribution < 1.29 is 19.2 Å². The lowest BCUT2D eigenvalue weighted by Crippen LogP contribution is -2.71. The number of rotatable bonds is 3. The SMILES string of the molecule is COc1cc2c(c(OC)c1OC)C=[NH+]CC2. The molecule has 0 radical (unpaired) electrons. The second-order valence-electron chi connectivity index (χ2n) is 3.57. The van der Waals surface area contributed by atoms with Gasteiger partial charge in [-0.15, -0.1) is 0 Å². The molecule has 1 N–H and O–H groups in total. The van der Waals surface area contributed by atoms with Gasteiger partial charge in [-0.25, -0.2) is 4.99 Å². The fraction of sp³-hybridized carbons (Fsp3) is 0.417.